The van der Waals surface area contributed by atoms with E-state index < -0.39 is 0 Å². The van der Waals surface area contributed by atoms with Crippen molar-refractivity contribution < 1.29 is 0 Å². The van der Waals surface area contributed by atoms with Crippen LogP contribution in [0.4, 0.5) is 0 Å². The number of hydrogen-bond acceptors (Lipinski definition) is 1. The summed E-state index contributed by atoms with van der Waals surface area (Å²) in [6.45, 7) is 1.00. The molecule has 0 aliphatic carbocycles. The minimum Gasteiger partial charge on any atom is -0.360 e. The Bertz CT molecular complexity index is 668. The van der Waals surface area contributed by atoms with Gasteiger partial charge in [-0.05, 0) is 31.1 Å². The minimum absolute atomic E-state index is 1.00. The predicted octanol–water partition coefficient (Wildman–Crippen LogP) is 3.60. The van der Waals surface area contributed by atoms with E-state index in [-0.39, 0.29) is 0 Å². The van der Waals surface area contributed by atoms with Gasteiger partial charge in [-0.2, -0.15) is 0 Å². The summed E-state index contributed by atoms with van der Waals surface area (Å²) < 4.78 is 0. The fourth-order valence-corrected chi connectivity index (χ4v) is 2.54. The smallest absolute Gasteiger partial charge is 0.0536 e. The normalized spacial score (nSPS) is 11.0. The fraction of sp³-hybridized carbons (Fsp3) is 0.176. The van der Waals surface area contributed by atoms with Gasteiger partial charge in [0.25, 0.3) is 0 Å². The van der Waals surface area contributed by atoms with Crippen molar-refractivity contribution in [3.05, 3.63) is 60.3 Å². The highest BCUT2D eigenvalue weighted by molar-refractivity contribution is 5.96. The molecule has 0 amide bonds. The van der Waals surface area contributed by atoms with Crippen LogP contribution in [0.2, 0.25) is 0 Å². The third-order valence-corrected chi connectivity index (χ3v) is 3.53. The quantitative estimate of drug-likeness (QED) is 0.727. The number of H-pyrrole nitrogens is 1. The van der Waals surface area contributed by atoms with Gasteiger partial charge in [0.15, 0.2) is 0 Å². The first-order valence-corrected chi connectivity index (χ1v) is 6.69. The number of para-hydroxylation sites is 1. The van der Waals surface area contributed by atoms with Crippen LogP contribution in [0.25, 0.3) is 22.0 Å². The van der Waals surface area contributed by atoms with Gasteiger partial charge in [0.2, 0.25) is 0 Å². The highest BCUT2D eigenvalue weighted by Crippen LogP contribution is 2.29. The molecule has 0 bridgehead atoms. The maximum atomic E-state index is 3.44. The lowest BCUT2D eigenvalue weighted by Gasteiger charge is -2.04. The molecule has 0 unspecified atom stereocenters. The Kier molecular flexibility index (Phi) is 3.34. The third-order valence-electron chi connectivity index (χ3n) is 3.53. The zero-order valence-corrected chi connectivity index (χ0v) is 11.1. The minimum atomic E-state index is 1.00. The largest absolute Gasteiger partial charge is 0.360 e. The summed E-state index contributed by atoms with van der Waals surface area (Å²) in [6.07, 6.45) is 3.18. The lowest BCUT2D eigenvalue weighted by atomic mass is 10.0. The molecule has 0 aliphatic heterocycles. The van der Waals surface area contributed by atoms with Gasteiger partial charge in [0.1, 0.15) is 0 Å². The van der Waals surface area contributed by atoms with Crippen LogP contribution in [0.5, 0.6) is 0 Å². The zero-order valence-electron chi connectivity index (χ0n) is 11.1. The second kappa shape index (κ2) is 5.29. The molecule has 0 fully saturated rings. The van der Waals surface area contributed by atoms with Crippen molar-refractivity contribution in [1.29, 1.82) is 0 Å². The molecule has 0 radical (unpaired) electrons. The molecule has 2 heteroatoms. The van der Waals surface area contributed by atoms with Gasteiger partial charge in [0, 0.05) is 17.1 Å². The van der Waals surface area contributed by atoms with Crippen LogP contribution in [0.3, 0.4) is 0 Å². The second-order valence-electron chi connectivity index (χ2n) is 4.76. The lowest BCUT2D eigenvalue weighted by molar-refractivity contribution is 0.795. The molecule has 0 spiro atoms. The van der Waals surface area contributed by atoms with E-state index in [0.29, 0.717) is 0 Å². The molecule has 0 saturated carbocycles. The molecule has 1 heterocycles. The maximum absolute atomic E-state index is 3.44. The summed E-state index contributed by atoms with van der Waals surface area (Å²) in [6, 6.07) is 17.0. The van der Waals surface area contributed by atoms with Crippen LogP contribution < -0.4 is 5.32 Å². The van der Waals surface area contributed by atoms with Gasteiger partial charge in [-0.25, -0.2) is 0 Å². The molecule has 1 aromatic heterocycles. The predicted molar refractivity (Wildman–Crippen MR) is 81.4 cm³/mol. The Morgan fingerprint density at radius 2 is 1.84 bits per heavy atom. The van der Waals surface area contributed by atoms with Gasteiger partial charge >= 0.3 is 0 Å². The SMILES string of the molecule is CNCCc1c[nH]c2c(-c3ccccc3)cccc12. The number of hydrogen-bond donors (Lipinski definition) is 2. The molecule has 0 saturated heterocycles. The Morgan fingerprint density at radius 3 is 2.63 bits per heavy atom. The molecule has 96 valence electrons. The Morgan fingerprint density at radius 1 is 1.00 bits per heavy atom. The van der Waals surface area contributed by atoms with Crippen LogP contribution in [0.1, 0.15) is 5.56 Å². The molecular formula is C17H18N2. The number of rotatable bonds is 4. The fourth-order valence-electron chi connectivity index (χ4n) is 2.54. The highest BCUT2D eigenvalue weighted by Gasteiger charge is 2.08. The summed E-state index contributed by atoms with van der Waals surface area (Å²) in [5, 5.41) is 4.53. The zero-order chi connectivity index (χ0) is 13.1. The number of benzene rings is 2. The highest BCUT2D eigenvalue weighted by atomic mass is 14.8. The van der Waals surface area contributed by atoms with E-state index in [2.05, 4.69) is 65.0 Å². The summed E-state index contributed by atoms with van der Waals surface area (Å²) in [7, 11) is 1.99. The molecular weight excluding hydrogens is 232 g/mol. The molecule has 2 aromatic carbocycles. The first kappa shape index (κ1) is 12.0. The lowest BCUT2D eigenvalue weighted by Crippen LogP contribution is -2.09. The standard InChI is InChI=1S/C17H18N2/c1-18-11-10-14-12-19-17-15(8-5-9-16(14)17)13-6-3-2-4-7-13/h2-9,12,18-19H,10-11H2,1H3. The van der Waals surface area contributed by atoms with E-state index in [0.717, 1.165) is 13.0 Å². The van der Waals surface area contributed by atoms with E-state index in [1.807, 2.05) is 7.05 Å². The topological polar surface area (TPSA) is 27.8 Å². The molecule has 0 atom stereocenters. The molecule has 3 aromatic rings. The summed E-state index contributed by atoms with van der Waals surface area (Å²) >= 11 is 0. The van der Waals surface area contributed by atoms with Gasteiger partial charge < -0.3 is 10.3 Å². The number of fused-ring (bicyclic) bond motifs is 1. The Hall–Kier alpha value is -2.06. The first-order chi connectivity index (χ1) is 9.40. The maximum Gasteiger partial charge on any atom is 0.0536 e. The number of nitrogens with one attached hydrogen (secondary N) is 2. The van der Waals surface area contributed by atoms with Gasteiger partial charge in [-0.15, -0.1) is 0 Å². The van der Waals surface area contributed by atoms with Gasteiger partial charge in [0.05, 0.1) is 5.52 Å². The average molecular weight is 250 g/mol. The van der Waals surface area contributed by atoms with E-state index in [9.17, 15) is 0 Å². The second-order valence-corrected chi connectivity index (χ2v) is 4.76. The van der Waals surface area contributed by atoms with Crippen molar-refractivity contribution >= 4 is 10.9 Å². The monoisotopic (exact) mass is 250 g/mol. The Labute approximate surface area is 113 Å². The van der Waals surface area contributed by atoms with Crippen LogP contribution in [-0.2, 0) is 6.42 Å². The van der Waals surface area contributed by atoms with E-state index in [4.69, 9.17) is 0 Å². The first-order valence-electron chi connectivity index (χ1n) is 6.69. The van der Waals surface area contributed by atoms with Gasteiger partial charge in [-0.1, -0.05) is 48.5 Å². The number of likely N-dealkylation sites (N-methyl/N-ethyl adjacent to an activating group) is 1. The van der Waals surface area contributed by atoms with E-state index in [1.54, 1.807) is 0 Å². The van der Waals surface area contributed by atoms with Crippen molar-refractivity contribution in [3.63, 3.8) is 0 Å². The van der Waals surface area contributed by atoms with Crippen LogP contribution in [0.15, 0.2) is 54.7 Å². The average Bonchev–Trinajstić information content (AvgIpc) is 2.89. The number of aromatic nitrogens is 1. The van der Waals surface area contributed by atoms with Crippen molar-refractivity contribution in [3.8, 4) is 11.1 Å². The molecule has 19 heavy (non-hydrogen) atoms. The molecule has 3 rings (SSSR count). The molecule has 0 aliphatic rings. The van der Waals surface area contributed by atoms with E-state index >= 15 is 0 Å². The van der Waals surface area contributed by atoms with Crippen molar-refractivity contribution in [2.24, 2.45) is 0 Å². The van der Waals surface area contributed by atoms with Crippen molar-refractivity contribution in [2.75, 3.05) is 13.6 Å². The number of aromatic amines is 1. The molecule has 2 nitrogen and oxygen atoms in total. The van der Waals surface area contributed by atoms with Crippen molar-refractivity contribution in [2.45, 2.75) is 6.42 Å². The summed E-state index contributed by atoms with van der Waals surface area (Å²) in [5.41, 5.74) is 5.14. The Balaban J connectivity index is 2.10. The van der Waals surface area contributed by atoms with Crippen LogP contribution >= 0.6 is 0 Å². The summed E-state index contributed by atoms with van der Waals surface area (Å²) in [5.74, 6) is 0. The third kappa shape index (κ3) is 2.27. The molecule has 2 N–H and O–H groups in total. The van der Waals surface area contributed by atoms with Crippen molar-refractivity contribution in [1.82, 2.24) is 10.3 Å². The van der Waals surface area contributed by atoms with Crippen LogP contribution in [-0.4, -0.2) is 18.6 Å². The van der Waals surface area contributed by atoms with Crippen LogP contribution in [0, 0.1) is 0 Å². The van der Waals surface area contributed by atoms with E-state index in [1.165, 1.54) is 27.6 Å². The summed E-state index contributed by atoms with van der Waals surface area (Å²) in [4.78, 5) is 3.44. The van der Waals surface area contributed by atoms with Gasteiger partial charge in [-0.3, -0.25) is 0 Å².